The Morgan fingerprint density at radius 1 is 1.32 bits per heavy atom. The topological polar surface area (TPSA) is 64.9 Å². The molecule has 2 N–H and O–H groups in total. The number of rotatable bonds is 3. The summed E-state index contributed by atoms with van der Waals surface area (Å²) < 4.78 is 18.6. The van der Waals surface area contributed by atoms with Crippen LogP contribution >= 0.6 is 12.4 Å². The van der Waals surface area contributed by atoms with Gasteiger partial charge in [-0.25, -0.2) is 4.39 Å². The minimum atomic E-state index is -0.304. The molecule has 0 spiro atoms. The highest BCUT2D eigenvalue weighted by molar-refractivity contribution is 5.85. The largest absolute Gasteiger partial charge is 0.337 e. The molecule has 0 saturated carbocycles. The second kappa shape index (κ2) is 6.12. The van der Waals surface area contributed by atoms with Gasteiger partial charge in [0.25, 0.3) is 0 Å². The molecule has 0 aliphatic carbocycles. The Morgan fingerprint density at radius 3 is 2.58 bits per heavy atom. The highest BCUT2D eigenvalue weighted by Gasteiger charge is 2.18. The summed E-state index contributed by atoms with van der Waals surface area (Å²) in [6, 6.07) is 4.53. The fourth-order valence-electron chi connectivity index (χ4n) is 1.50. The molecule has 0 fully saturated rings. The van der Waals surface area contributed by atoms with Gasteiger partial charge in [-0.2, -0.15) is 4.98 Å². The Bertz CT molecular complexity index is 557. The number of hydrogen-bond acceptors (Lipinski definition) is 4. The van der Waals surface area contributed by atoms with Crippen LogP contribution in [0.3, 0.4) is 0 Å². The number of nitrogens with zero attached hydrogens (tertiary/aromatic N) is 2. The zero-order chi connectivity index (χ0) is 13.3. The van der Waals surface area contributed by atoms with Gasteiger partial charge in [0, 0.05) is 5.56 Å². The van der Waals surface area contributed by atoms with Crippen molar-refractivity contribution in [3.05, 3.63) is 35.5 Å². The smallest absolute Gasteiger partial charge is 0.244 e. The first-order valence-corrected chi connectivity index (χ1v) is 5.84. The molecular weight excluding hydrogens is 269 g/mol. The fourth-order valence-corrected chi connectivity index (χ4v) is 1.50. The minimum absolute atomic E-state index is 0. The molecule has 0 amide bonds. The van der Waals surface area contributed by atoms with Crippen molar-refractivity contribution in [2.45, 2.75) is 26.8 Å². The van der Waals surface area contributed by atoms with E-state index in [9.17, 15) is 4.39 Å². The van der Waals surface area contributed by atoms with Crippen LogP contribution < -0.4 is 5.73 Å². The first-order valence-electron chi connectivity index (χ1n) is 5.84. The van der Waals surface area contributed by atoms with Crippen LogP contribution in [-0.2, 0) is 0 Å². The Labute approximate surface area is 117 Å². The first kappa shape index (κ1) is 15.6. The quantitative estimate of drug-likeness (QED) is 0.940. The van der Waals surface area contributed by atoms with Gasteiger partial charge >= 0.3 is 0 Å². The summed E-state index contributed by atoms with van der Waals surface area (Å²) in [5.41, 5.74) is 7.08. The van der Waals surface area contributed by atoms with Crippen LogP contribution in [0.15, 0.2) is 22.7 Å². The SMILES string of the molecule is Cc1ccc(-c2noc(C(N)C(C)C)n2)cc1F.Cl. The maximum absolute atomic E-state index is 13.4. The molecule has 0 radical (unpaired) electrons. The molecule has 0 bridgehead atoms. The second-order valence-electron chi connectivity index (χ2n) is 4.69. The van der Waals surface area contributed by atoms with Crippen molar-refractivity contribution < 1.29 is 8.91 Å². The van der Waals surface area contributed by atoms with Gasteiger partial charge in [0.2, 0.25) is 11.7 Å². The van der Waals surface area contributed by atoms with Crippen LogP contribution in [0.4, 0.5) is 4.39 Å². The fraction of sp³-hybridized carbons (Fsp3) is 0.385. The molecule has 104 valence electrons. The van der Waals surface area contributed by atoms with E-state index in [0.717, 1.165) is 0 Å². The van der Waals surface area contributed by atoms with Crippen molar-refractivity contribution in [1.82, 2.24) is 10.1 Å². The van der Waals surface area contributed by atoms with E-state index in [1.54, 1.807) is 19.1 Å². The van der Waals surface area contributed by atoms with E-state index in [0.29, 0.717) is 22.8 Å². The number of hydrogen-bond donors (Lipinski definition) is 1. The van der Waals surface area contributed by atoms with Gasteiger partial charge in [0.1, 0.15) is 5.82 Å². The molecule has 2 aromatic rings. The van der Waals surface area contributed by atoms with Crippen molar-refractivity contribution in [1.29, 1.82) is 0 Å². The van der Waals surface area contributed by atoms with Crippen LogP contribution in [0.1, 0.15) is 31.3 Å². The van der Waals surface area contributed by atoms with Crippen molar-refractivity contribution in [2.24, 2.45) is 11.7 Å². The molecule has 0 aliphatic rings. The molecule has 6 heteroatoms. The normalized spacial score (nSPS) is 12.3. The molecule has 1 aromatic heterocycles. The molecular formula is C13H17ClFN3O. The zero-order valence-electron chi connectivity index (χ0n) is 11.1. The van der Waals surface area contributed by atoms with E-state index in [-0.39, 0.29) is 30.2 Å². The van der Waals surface area contributed by atoms with E-state index < -0.39 is 0 Å². The van der Waals surface area contributed by atoms with E-state index in [1.165, 1.54) is 6.07 Å². The van der Waals surface area contributed by atoms with Crippen LogP contribution in [0.5, 0.6) is 0 Å². The maximum Gasteiger partial charge on any atom is 0.244 e. The summed E-state index contributed by atoms with van der Waals surface area (Å²) in [4.78, 5) is 4.20. The Hall–Kier alpha value is -1.46. The molecule has 2 rings (SSSR count). The summed E-state index contributed by atoms with van der Waals surface area (Å²) in [5.74, 6) is 0.654. The lowest BCUT2D eigenvalue weighted by atomic mass is 10.1. The van der Waals surface area contributed by atoms with E-state index in [4.69, 9.17) is 10.3 Å². The van der Waals surface area contributed by atoms with Crippen LogP contribution in [-0.4, -0.2) is 10.1 Å². The Balaban J connectivity index is 0.00000180. The van der Waals surface area contributed by atoms with Crippen molar-refractivity contribution in [3.8, 4) is 11.4 Å². The van der Waals surface area contributed by atoms with Crippen LogP contribution in [0.25, 0.3) is 11.4 Å². The average Bonchev–Trinajstić information content (AvgIpc) is 2.81. The molecule has 19 heavy (non-hydrogen) atoms. The predicted molar refractivity (Wildman–Crippen MR) is 73.4 cm³/mol. The lowest BCUT2D eigenvalue weighted by Crippen LogP contribution is -2.16. The van der Waals surface area contributed by atoms with Gasteiger partial charge in [0.05, 0.1) is 6.04 Å². The van der Waals surface area contributed by atoms with Gasteiger partial charge in [-0.1, -0.05) is 31.1 Å². The second-order valence-corrected chi connectivity index (χ2v) is 4.69. The third kappa shape index (κ3) is 3.30. The third-order valence-electron chi connectivity index (χ3n) is 2.88. The first-order chi connectivity index (χ1) is 8.49. The lowest BCUT2D eigenvalue weighted by Gasteiger charge is -2.09. The van der Waals surface area contributed by atoms with Crippen LogP contribution in [0, 0.1) is 18.7 Å². The summed E-state index contributed by atoms with van der Waals surface area (Å²) in [6.07, 6.45) is 0. The zero-order valence-corrected chi connectivity index (χ0v) is 11.9. The van der Waals surface area contributed by atoms with E-state index >= 15 is 0 Å². The number of halogens is 2. The van der Waals surface area contributed by atoms with Crippen molar-refractivity contribution >= 4 is 12.4 Å². The lowest BCUT2D eigenvalue weighted by molar-refractivity contribution is 0.325. The van der Waals surface area contributed by atoms with Crippen LogP contribution in [0.2, 0.25) is 0 Å². The Morgan fingerprint density at radius 2 is 2.00 bits per heavy atom. The summed E-state index contributed by atoms with van der Waals surface area (Å²) in [7, 11) is 0. The third-order valence-corrected chi connectivity index (χ3v) is 2.88. The van der Waals surface area contributed by atoms with Gasteiger partial charge in [0.15, 0.2) is 0 Å². The summed E-state index contributed by atoms with van der Waals surface area (Å²) in [6.45, 7) is 5.65. The van der Waals surface area contributed by atoms with Gasteiger partial charge in [-0.3, -0.25) is 0 Å². The molecule has 1 unspecified atom stereocenters. The van der Waals surface area contributed by atoms with E-state index in [1.807, 2.05) is 13.8 Å². The number of benzene rings is 1. The standard InChI is InChI=1S/C13H16FN3O.ClH/c1-7(2)11(15)13-16-12(17-18-13)9-5-4-8(3)10(14)6-9;/h4-7,11H,15H2,1-3H3;1H. The maximum atomic E-state index is 13.4. The summed E-state index contributed by atoms with van der Waals surface area (Å²) >= 11 is 0. The van der Waals surface area contributed by atoms with Crippen molar-refractivity contribution in [3.63, 3.8) is 0 Å². The number of aromatic nitrogens is 2. The molecule has 0 saturated heterocycles. The van der Waals surface area contributed by atoms with Gasteiger partial charge in [-0.15, -0.1) is 12.4 Å². The molecule has 0 aliphatic heterocycles. The van der Waals surface area contributed by atoms with E-state index in [2.05, 4.69) is 10.1 Å². The van der Waals surface area contributed by atoms with Gasteiger partial charge < -0.3 is 10.3 Å². The highest BCUT2D eigenvalue weighted by atomic mass is 35.5. The molecule has 4 nitrogen and oxygen atoms in total. The number of aryl methyl sites for hydroxylation is 1. The molecule has 1 aromatic carbocycles. The minimum Gasteiger partial charge on any atom is -0.337 e. The monoisotopic (exact) mass is 285 g/mol. The number of nitrogens with two attached hydrogens (primary N) is 1. The highest BCUT2D eigenvalue weighted by Crippen LogP contribution is 2.22. The predicted octanol–water partition coefficient (Wildman–Crippen LogP) is 3.26. The average molecular weight is 286 g/mol. The Kier molecular flexibility index (Phi) is 5.03. The van der Waals surface area contributed by atoms with Crippen molar-refractivity contribution in [2.75, 3.05) is 0 Å². The molecule has 1 atom stereocenters. The summed E-state index contributed by atoms with van der Waals surface area (Å²) in [5, 5.41) is 3.83. The molecule has 1 heterocycles. The van der Waals surface area contributed by atoms with Gasteiger partial charge in [-0.05, 0) is 24.5 Å².